The molecule has 162 valence electrons. The van der Waals surface area contributed by atoms with Crippen LogP contribution in [0.15, 0.2) is 73.2 Å². The number of nitrogens with zero attached hydrogens (tertiary/aromatic N) is 5. The number of rotatable bonds is 5. The molecule has 0 saturated heterocycles. The lowest BCUT2D eigenvalue weighted by molar-refractivity contribution is 0.102. The molecule has 33 heavy (non-hydrogen) atoms. The molecule has 0 aliphatic carbocycles. The molecule has 5 rings (SSSR count). The Bertz CT molecular complexity index is 1480. The summed E-state index contributed by atoms with van der Waals surface area (Å²) in [6.45, 7) is 0. The molecule has 0 aliphatic rings. The van der Waals surface area contributed by atoms with Crippen molar-refractivity contribution >= 4 is 50.9 Å². The minimum Gasteiger partial charge on any atom is -0.463 e. The van der Waals surface area contributed by atoms with Gasteiger partial charge in [0.25, 0.3) is 5.91 Å². The van der Waals surface area contributed by atoms with Gasteiger partial charge in [0.1, 0.15) is 0 Å². The van der Waals surface area contributed by atoms with Crippen LogP contribution >= 0.6 is 11.5 Å². The van der Waals surface area contributed by atoms with Crippen molar-refractivity contribution in [2.75, 3.05) is 10.6 Å². The predicted octanol–water partition coefficient (Wildman–Crippen LogP) is 4.47. The van der Waals surface area contributed by atoms with Gasteiger partial charge in [-0.25, -0.2) is 4.79 Å². The van der Waals surface area contributed by atoms with Gasteiger partial charge in [-0.1, -0.05) is 12.1 Å². The van der Waals surface area contributed by atoms with Crippen LogP contribution in [0.1, 0.15) is 10.4 Å². The average molecular weight is 457 g/mol. The molecule has 0 unspecified atom stereocenters. The Hall–Kier alpha value is -4.64. The van der Waals surface area contributed by atoms with Crippen LogP contribution in [0.25, 0.3) is 22.3 Å². The van der Waals surface area contributed by atoms with Crippen LogP contribution in [0, 0.1) is 0 Å². The zero-order valence-corrected chi connectivity index (χ0v) is 17.7. The molecule has 3 heterocycles. The van der Waals surface area contributed by atoms with E-state index in [1.54, 1.807) is 48.7 Å². The van der Waals surface area contributed by atoms with Gasteiger partial charge >= 0.3 is 6.09 Å². The Balaban J connectivity index is 1.32. The summed E-state index contributed by atoms with van der Waals surface area (Å²) in [7, 11) is 0. The standard InChI is InChI=1S/C22H15N7O3S/c30-20(14-4-2-8-23-11-14)25-16-5-1-3-13(9-16)19-27-21(33-28-19)26-17-6-7-18-15(10-17)12-24-29(18)22(31)32/h1-12H,(H,25,30)(H,31,32)(H,26,27,28). The van der Waals surface area contributed by atoms with Gasteiger partial charge in [-0.15, -0.1) is 0 Å². The first kappa shape index (κ1) is 20.3. The van der Waals surface area contributed by atoms with Crippen LogP contribution in [0.3, 0.4) is 0 Å². The number of anilines is 3. The lowest BCUT2D eigenvalue weighted by Gasteiger charge is -2.06. The second-order valence-electron chi connectivity index (χ2n) is 6.94. The Morgan fingerprint density at radius 3 is 2.73 bits per heavy atom. The molecule has 0 aliphatic heterocycles. The summed E-state index contributed by atoms with van der Waals surface area (Å²) in [5.74, 6) is 0.259. The number of hydrogen-bond donors (Lipinski definition) is 3. The van der Waals surface area contributed by atoms with Crippen molar-refractivity contribution < 1.29 is 14.7 Å². The lowest BCUT2D eigenvalue weighted by atomic mass is 10.2. The summed E-state index contributed by atoms with van der Waals surface area (Å²) >= 11 is 1.19. The summed E-state index contributed by atoms with van der Waals surface area (Å²) in [6.07, 6.45) is 3.46. The number of nitrogens with one attached hydrogen (secondary N) is 2. The zero-order chi connectivity index (χ0) is 22.8. The highest BCUT2D eigenvalue weighted by Gasteiger charge is 2.12. The fraction of sp³-hybridized carbons (Fsp3) is 0. The number of amides is 1. The monoisotopic (exact) mass is 457 g/mol. The van der Waals surface area contributed by atoms with Crippen LogP contribution in [0.5, 0.6) is 0 Å². The van der Waals surface area contributed by atoms with Crippen molar-refractivity contribution in [3.8, 4) is 11.4 Å². The molecule has 0 spiro atoms. The first-order valence-electron chi connectivity index (χ1n) is 9.70. The second-order valence-corrected chi connectivity index (χ2v) is 7.69. The van der Waals surface area contributed by atoms with E-state index in [9.17, 15) is 9.59 Å². The summed E-state index contributed by atoms with van der Waals surface area (Å²) in [4.78, 5) is 32.0. The van der Waals surface area contributed by atoms with E-state index < -0.39 is 6.09 Å². The summed E-state index contributed by atoms with van der Waals surface area (Å²) in [5, 5.41) is 20.3. The molecule has 3 N–H and O–H groups in total. The van der Waals surface area contributed by atoms with Gasteiger partial charge in [-0.2, -0.15) is 19.1 Å². The molecule has 0 atom stereocenters. The van der Waals surface area contributed by atoms with E-state index >= 15 is 0 Å². The van der Waals surface area contributed by atoms with Gasteiger partial charge in [0.05, 0.1) is 17.3 Å². The van der Waals surface area contributed by atoms with Gasteiger partial charge in [0.15, 0.2) is 5.82 Å². The lowest BCUT2D eigenvalue weighted by Crippen LogP contribution is -2.11. The maximum absolute atomic E-state index is 12.4. The quantitative estimate of drug-likeness (QED) is 0.352. The van der Waals surface area contributed by atoms with Gasteiger partial charge in [0, 0.05) is 46.3 Å². The fourth-order valence-corrected chi connectivity index (χ4v) is 3.82. The largest absolute Gasteiger partial charge is 0.463 e. The Morgan fingerprint density at radius 1 is 1.00 bits per heavy atom. The van der Waals surface area contributed by atoms with Crippen LogP contribution in [0.2, 0.25) is 0 Å². The average Bonchev–Trinajstić information content (AvgIpc) is 3.47. The number of fused-ring (bicyclic) bond motifs is 1. The van der Waals surface area contributed by atoms with E-state index in [0.29, 0.717) is 33.1 Å². The molecule has 0 saturated carbocycles. The van der Waals surface area contributed by atoms with Crippen molar-refractivity contribution in [3.05, 3.63) is 78.8 Å². The van der Waals surface area contributed by atoms with Crippen molar-refractivity contribution in [1.82, 2.24) is 24.1 Å². The molecule has 2 aromatic carbocycles. The van der Waals surface area contributed by atoms with Gasteiger partial charge in [-0.3, -0.25) is 9.78 Å². The zero-order valence-electron chi connectivity index (χ0n) is 16.8. The molecule has 0 bridgehead atoms. The van der Waals surface area contributed by atoms with Crippen LogP contribution in [-0.4, -0.2) is 41.2 Å². The molecule has 1 amide bonds. The van der Waals surface area contributed by atoms with Crippen LogP contribution in [-0.2, 0) is 0 Å². The van der Waals surface area contributed by atoms with Crippen molar-refractivity contribution in [1.29, 1.82) is 0 Å². The molecule has 5 aromatic rings. The molecule has 11 heteroatoms. The van der Waals surface area contributed by atoms with Crippen LogP contribution in [0.4, 0.5) is 21.3 Å². The molecule has 10 nitrogen and oxygen atoms in total. The minimum atomic E-state index is -1.14. The first-order valence-corrected chi connectivity index (χ1v) is 10.5. The first-order chi connectivity index (χ1) is 16.1. The SMILES string of the molecule is O=C(Nc1cccc(-c2nsc(Nc3ccc4c(cnn4C(=O)O)c3)n2)c1)c1cccnc1. The van der Waals surface area contributed by atoms with Gasteiger partial charge < -0.3 is 15.7 Å². The molecule has 0 fully saturated rings. The third-order valence-corrected chi connectivity index (χ3v) is 5.36. The summed E-state index contributed by atoms with van der Waals surface area (Å²) in [5.41, 5.74) is 3.06. The third-order valence-electron chi connectivity index (χ3n) is 4.73. The second kappa shape index (κ2) is 8.48. The smallest absolute Gasteiger partial charge is 0.432 e. The highest BCUT2D eigenvalue weighted by Crippen LogP contribution is 2.27. The number of aromatic nitrogens is 5. The number of hydrogen-bond acceptors (Lipinski definition) is 8. The third kappa shape index (κ3) is 4.25. The van der Waals surface area contributed by atoms with E-state index in [2.05, 4.69) is 30.1 Å². The normalized spacial score (nSPS) is 10.8. The molecule has 3 aromatic heterocycles. The molecular weight excluding hydrogens is 442 g/mol. The number of carbonyl (C=O) groups excluding carboxylic acids is 1. The van der Waals surface area contributed by atoms with Gasteiger partial charge in [0.2, 0.25) is 5.13 Å². The summed E-state index contributed by atoms with van der Waals surface area (Å²) in [6, 6.07) is 15.9. The van der Waals surface area contributed by atoms with Crippen molar-refractivity contribution in [3.63, 3.8) is 0 Å². The summed E-state index contributed by atoms with van der Waals surface area (Å²) < 4.78 is 5.32. The van der Waals surface area contributed by atoms with Crippen LogP contribution < -0.4 is 10.6 Å². The predicted molar refractivity (Wildman–Crippen MR) is 124 cm³/mol. The fourth-order valence-electron chi connectivity index (χ4n) is 3.21. The Kier molecular flexibility index (Phi) is 5.21. The van der Waals surface area contributed by atoms with Crippen molar-refractivity contribution in [2.45, 2.75) is 0 Å². The van der Waals surface area contributed by atoms with E-state index in [0.717, 1.165) is 15.9 Å². The number of pyridine rings is 1. The Morgan fingerprint density at radius 2 is 1.91 bits per heavy atom. The molecule has 0 radical (unpaired) electrons. The highest BCUT2D eigenvalue weighted by molar-refractivity contribution is 7.09. The highest BCUT2D eigenvalue weighted by atomic mass is 32.1. The van der Waals surface area contributed by atoms with E-state index in [4.69, 9.17) is 5.11 Å². The number of carboxylic acid groups (broad SMARTS) is 1. The maximum atomic E-state index is 12.4. The van der Waals surface area contributed by atoms with E-state index in [1.807, 2.05) is 12.1 Å². The topological polar surface area (TPSA) is 135 Å². The molecular formula is C22H15N7O3S. The van der Waals surface area contributed by atoms with E-state index in [1.165, 1.54) is 23.9 Å². The maximum Gasteiger partial charge on any atom is 0.432 e. The number of benzene rings is 2. The minimum absolute atomic E-state index is 0.254. The number of carbonyl (C=O) groups is 2. The van der Waals surface area contributed by atoms with Gasteiger partial charge in [-0.05, 0) is 42.5 Å². The Labute approximate surface area is 190 Å². The van der Waals surface area contributed by atoms with Crippen molar-refractivity contribution in [2.24, 2.45) is 0 Å². The van der Waals surface area contributed by atoms with E-state index in [-0.39, 0.29) is 5.91 Å².